The second-order valence-corrected chi connectivity index (χ2v) is 13.1. The molecule has 0 bridgehead atoms. The van der Waals surface area contributed by atoms with Crippen molar-refractivity contribution >= 4 is 23.5 Å². The van der Waals surface area contributed by atoms with Crippen LogP contribution in [0.3, 0.4) is 0 Å². The van der Waals surface area contributed by atoms with Crippen molar-refractivity contribution in [2.75, 3.05) is 0 Å². The normalized spacial score (nSPS) is 25.6. The number of nitrogens with one attached hydrogen (secondary N) is 2. The van der Waals surface area contributed by atoms with Crippen molar-refractivity contribution in [3.63, 3.8) is 0 Å². The summed E-state index contributed by atoms with van der Waals surface area (Å²) in [5, 5.41) is 48.1. The number of rotatable bonds is 9. The molecule has 0 radical (unpaired) electrons. The van der Waals surface area contributed by atoms with Crippen molar-refractivity contribution in [1.82, 2.24) is 15.1 Å². The Hall–Kier alpha value is -3.89. The summed E-state index contributed by atoms with van der Waals surface area (Å²) in [6.07, 6.45) is 17.8. The lowest BCUT2D eigenvalue weighted by Gasteiger charge is -2.35. The van der Waals surface area contributed by atoms with Crippen LogP contribution in [0.1, 0.15) is 88.1 Å². The molecule has 4 aliphatic rings. The monoisotopic (exact) mass is 585 g/mol. The molecule has 10 nitrogen and oxygen atoms in total. The Morgan fingerprint density at radius 2 is 1.95 bits per heavy atom. The molecule has 2 aromatic heterocycles. The molecule has 3 fully saturated rings. The fourth-order valence-corrected chi connectivity index (χ4v) is 6.08. The zero-order valence-corrected chi connectivity index (χ0v) is 24.8. The van der Waals surface area contributed by atoms with Gasteiger partial charge < -0.3 is 20.9 Å². The quantitative estimate of drug-likeness (QED) is 0.172. The molecule has 5 N–H and O–H groups in total. The highest BCUT2D eigenvalue weighted by Crippen LogP contribution is 2.48. The van der Waals surface area contributed by atoms with Gasteiger partial charge in [-0.15, -0.1) is 0 Å². The predicted molar refractivity (Wildman–Crippen MR) is 161 cm³/mol. The van der Waals surface area contributed by atoms with Crippen LogP contribution in [0.2, 0.25) is 0 Å². The third kappa shape index (κ3) is 6.55. The first kappa shape index (κ1) is 29.2. The van der Waals surface area contributed by atoms with Gasteiger partial charge in [-0.2, -0.15) is 5.10 Å². The first-order valence-electron chi connectivity index (χ1n) is 15.3. The molecule has 0 atom stereocenters. The molecule has 1 amide bonds. The molecule has 0 unspecified atom stereocenters. The summed E-state index contributed by atoms with van der Waals surface area (Å²) >= 11 is 0. The standard InChI is InChI=1S/C33H40N6O4/c1-32(2,41)25-19-36-38(20-25)30-16-27(34)23(18-35-17-21-10-12-33(42,13-11-21)24-8-9-24)14-28(30)37-31(40)15-26-4-3-5-29(39(26)43)22-6-7-22/h3-5,14,16-22,24,34,41-42H,6-13,15H2,1-2H3,(H-,37,40,43)/p+1/b23-18-,34-27?,35-17?. The van der Waals surface area contributed by atoms with E-state index in [1.54, 1.807) is 50.7 Å². The molecule has 0 saturated heterocycles. The first-order valence-corrected chi connectivity index (χ1v) is 15.3. The Bertz CT molecular complexity index is 1540. The van der Waals surface area contributed by atoms with E-state index < -0.39 is 11.2 Å². The number of carbonyl (C=O) groups is 1. The van der Waals surface area contributed by atoms with Crippen molar-refractivity contribution in [1.29, 1.82) is 5.41 Å². The number of nitrogens with zero attached hydrogens (tertiary/aromatic N) is 4. The minimum atomic E-state index is -1.11. The Morgan fingerprint density at radius 3 is 2.60 bits per heavy atom. The molecule has 0 spiro atoms. The van der Waals surface area contributed by atoms with Gasteiger partial charge >= 0.3 is 0 Å². The van der Waals surface area contributed by atoms with Crippen LogP contribution >= 0.6 is 0 Å². The lowest BCUT2D eigenvalue weighted by atomic mass is 9.76. The van der Waals surface area contributed by atoms with Crippen LogP contribution in [0.15, 0.2) is 65.2 Å². The summed E-state index contributed by atoms with van der Waals surface area (Å²) in [6, 6.07) is 5.47. The fourth-order valence-electron chi connectivity index (χ4n) is 6.08. The van der Waals surface area contributed by atoms with Gasteiger partial charge in [0, 0.05) is 52.5 Å². The molecule has 3 saturated carbocycles. The van der Waals surface area contributed by atoms with Gasteiger partial charge in [0.25, 0.3) is 0 Å². The highest BCUT2D eigenvalue weighted by atomic mass is 16.5. The van der Waals surface area contributed by atoms with E-state index in [1.807, 2.05) is 18.3 Å². The molecular formula is C33H41N6O4+. The highest BCUT2D eigenvalue weighted by molar-refractivity contribution is 6.14. The minimum absolute atomic E-state index is 0.0424. The van der Waals surface area contributed by atoms with E-state index >= 15 is 0 Å². The minimum Gasteiger partial charge on any atom is -0.390 e. The lowest BCUT2D eigenvalue weighted by molar-refractivity contribution is -0.914. The Kier molecular flexibility index (Phi) is 7.68. The maximum Gasteiger partial charge on any atom is 0.243 e. The van der Waals surface area contributed by atoms with E-state index in [0.29, 0.717) is 40.1 Å². The summed E-state index contributed by atoms with van der Waals surface area (Å²) in [4.78, 5) is 17.8. The molecule has 0 aromatic carbocycles. The van der Waals surface area contributed by atoms with E-state index in [4.69, 9.17) is 5.41 Å². The van der Waals surface area contributed by atoms with E-state index in [2.05, 4.69) is 15.4 Å². The second kappa shape index (κ2) is 11.3. The number of pyridine rings is 1. The van der Waals surface area contributed by atoms with Gasteiger partial charge in [-0.1, -0.05) is 0 Å². The van der Waals surface area contributed by atoms with Crippen LogP contribution in [-0.2, 0) is 16.8 Å². The van der Waals surface area contributed by atoms with Gasteiger partial charge in [-0.05, 0) is 95.3 Å². The third-order valence-electron chi connectivity index (χ3n) is 9.13. The van der Waals surface area contributed by atoms with E-state index in [1.165, 1.54) is 4.68 Å². The molecule has 2 heterocycles. The number of carbonyl (C=O) groups excluding carboxylic acids is 1. The Labute approximate surface area is 251 Å². The van der Waals surface area contributed by atoms with Crippen LogP contribution in [0, 0.1) is 17.2 Å². The van der Waals surface area contributed by atoms with E-state index in [9.17, 15) is 20.2 Å². The molecule has 0 aliphatic heterocycles. The van der Waals surface area contributed by atoms with E-state index in [-0.39, 0.29) is 24.0 Å². The number of hydrogen-bond acceptors (Lipinski definition) is 7. The Balaban J connectivity index is 1.21. The predicted octanol–water partition coefficient (Wildman–Crippen LogP) is 3.92. The first-order chi connectivity index (χ1) is 20.5. The molecule has 10 heteroatoms. The van der Waals surface area contributed by atoms with Crippen LogP contribution < -0.4 is 10.0 Å². The van der Waals surface area contributed by atoms with Gasteiger partial charge in [0.1, 0.15) is 6.42 Å². The van der Waals surface area contributed by atoms with Crippen LogP contribution in [0.4, 0.5) is 0 Å². The molecule has 43 heavy (non-hydrogen) atoms. The van der Waals surface area contributed by atoms with Gasteiger partial charge in [0.2, 0.25) is 17.3 Å². The van der Waals surface area contributed by atoms with Crippen LogP contribution in [0.25, 0.3) is 5.70 Å². The van der Waals surface area contributed by atoms with E-state index in [0.717, 1.165) is 61.8 Å². The number of aliphatic hydroxyl groups is 2. The molecule has 226 valence electrons. The Morgan fingerprint density at radius 1 is 1.21 bits per heavy atom. The lowest BCUT2D eigenvalue weighted by Crippen LogP contribution is -2.42. The summed E-state index contributed by atoms with van der Waals surface area (Å²) in [5.74, 6) is 0.743. The topological polar surface area (TPSA) is 148 Å². The summed E-state index contributed by atoms with van der Waals surface area (Å²) in [5.41, 5.74) is 1.93. The van der Waals surface area contributed by atoms with Crippen LogP contribution in [-0.4, -0.2) is 48.6 Å². The molecule has 6 rings (SSSR count). The average Bonchev–Trinajstić information content (AvgIpc) is 3.90. The summed E-state index contributed by atoms with van der Waals surface area (Å²) < 4.78 is 2.66. The smallest absolute Gasteiger partial charge is 0.243 e. The number of hydrogen-bond donors (Lipinski definition) is 5. The van der Waals surface area contributed by atoms with Crippen molar-refractivity contribution in [3.8, 4) is 0 Å². The third-order valence-corrected chi connectivity index (χ3v) is 9.13. The highest BCUT2D eigenvalue weighted by Gasteiger charge is 2.45. The van der Waals surface area contributed by atoms with Crippen molar-refractivity contribution < 1.29 is 24.9 Å². The number of aliphatic imine (C=N–C) groups is 1. The van der Waals surface area contributed by atoms with Gasteiger partial charge in [-0.3, -0.25) is 15.0 Å². The van der Waals surface area contributed by atoms with Crippen molar-refractivity contribution in [3.05, 3.63) is 77.2 Å². The summed E-state index contributed by atoms with van der Waals surface area (Å²) in [7, 11) is 0. The van der Waals surface area contributed by atoms with Gasteiger partial charge in [-0.25, -0.2) is 4.68 Å². The SMILES string of the molecule is CC(C)(O)c1cnn(C2=CC(=N)/C(=C\N=CC3CCC(O)(C4CC4)CC3)C=C2NC(=O)Cc2cccc(C3CC3)[n+]2O)c1. The average molecular weight is 586 g/mol. The zero-order chi connectivity index (χ0) is 30.4. The largest absolute Gasteiger partial charge is 0.390 e. The number of allylic oxidation sites excluding steroid dienone is 4. The van der Waals surface area contributed by atoms with Gasteiger partial charge in [0.05, 0.1) is 34.5 Å². The second-order valence-electron chi connectivity index (χ2n) is 13.1. The number of amides is 1. The molecule has 2 aromatic rings. The molecular weight excluding hydrogens is 544 g/mol. The zero-order valence-electron chi connectivity index (χ0n) is 24.8. The van der Waals surface area contributed by atoms with Crippen molar-refractivity contribution in [2.24, 2.45) is 16.8 Å². The van der Waals surface area contributed by atoms with Gasteiger partial charge in [0.15, 0.2) is 0 Å². The van der Waals surface area contributed by atoms with Crippen LogP contribution in [0.5, 0.6) is 0 Å². The summed E-state index contributed by atoms with van der Waals surface area (Å²) in [6.45, 7) is 3.34. The van der Waals surface area contributed by atoms with Crippen molar-refractivity contribution in [2.45, 2.75) is 88.8 Å². The maximum absolute atomic E-state index is 13.3. The number of aromatic nitrogens is 3. The molecule has 4 aliphatic carbocycles. The fraction of sp³-hybridized carbons (Fsp3) is 0.485. The maximum atomic E-state index is 13.3.